The third-order valence-corrected chi connectivity index (χ3v) is 6.38. The van der Waals surface area contributed by atoms with E-state index in [2.05, 4.69) is 42.6 Å². The molecule has 7 heteroatoms. The van der Waals surface area contributed by atoms with Gasteiger partial charge in [-0.1, -0.05) is 6.92 Å². The van der Waals surface area contributed by atoms with E-state index in [1.165, 1.54) is 12.8 Å². The molecular weight excluding hydrogens is 340 g/mol. The van der Waals surface area contributed by atoms with Crippen molar-refractivity contribution in [2.75, 3.05) is 68.7 Å². The van der Waals surface area contributed by atoms with E-state index in [0.29, 0.717) is 5.41 Å². The van der Waals surface area contributed by atoms with E-state index in [1.807, 2.05) is 6.20 Å². The number of rotatable bonds is 5. The molecule has 27 heavy (non-hydrogen) atoms. The zero-order chi connectivity index (χ0) is 18.7. The number of aldehydes is 1. The number of allylic oxidation sites excluding steroid dienone is 1. The van der Waals surface area contributed by atoms with Crippen LogP contribution in [0, 0.1) is 5.41 Å². The largest absolute Gasteiger partial charge is 0.376 e. The number of piperidine rings is 1. The van der Waals surface area contributed by atoms with Gasteiger partial charge in [-0.15, -0.1) is 0 Å². The summed E-state index contributed by atoms with van der Waals surface area (Å²) in [5.41, 5.74) is 0.427. The summed E-state index contributed by atoms with van der Waals surface area (Å²) in [4.78, 5) is 29.0. The maximum atomic E-state index is 10.5. The van der Waals surface area contributed by atoms with Crippen LogP contribution in [0.3, 0.4) is 0 Å². The molecule has 0 N–H and O–H groups in total. The molecule has 0 bridgehead atoms. The second kappa shape index (κ2) is 7.84. The Bertz CT molecular complexity index is 669. The summed E-state index contributed by atoms with van der Waals surface area (Å²) in [6, 6.07) is 2.17. The number of likely N-dealkylation sites (N-methyl/N-ethyl adjacent to an activating group) is 1. The topological polar surface area (TPSA) is 55.8 Å². The minimum atomic E-state index is 0.427. The summed E-state index contributed by atoms with van der Waals surface area (Å²) in [6.07, 6.45) is 8.45. The second-order valence-electron chi connectivity index (χ2n) is 8.03. The molecule has 0 unspecified atom stereocenters. The molecule has 0 amide bonds. The van der Waals surface area contributed by atoms with E-state index in [-0.39, 0.29) is 0 Å². The van der Waals surface area contributed by atoms with Crippen molar-refractivity contribution in [3.05, 3.63) is 24.7 Å². The van der Waals surface area contributed by atoms with Crippen LogP contribution in [-0.4, -0.2) is 85.0 Å². The van der Waals surface area contributed by atoms with Crippen LogP contribution in [-0.2, 0) is 4.79 Å². The van der Waals surface area contributed by atoms with Gasteiger partial charge in [-0.05, 0) is 25.5 Å². The summed E-state index contributed by atoms with van der Waals surface area (Å²) >= 11 is 0. The highest BCUT2D eigenvalue weighted by Crippen LogP contribution is 2.41. The number of likely N-dealkylation sites (tertiary alicyclic amines) is 1. The van der Waals surface area contributed by atoms with Crippen LogP contribution in [0.5, 0.6) is 0 Å². The van der Waals surface area contributed by atoms with Crippen molar-refractivity contribution in [3.8, 4) is 0 Å². The lowest BCUT2D eigenvalue weighted by atomic mass is 9.72. The second-order valence-corrected chi connectivity index (χ2v) is 8.03. The van der Waals surface area contributed by atoms with Crippen molar-refractivity contribution in [1.29, 1.82) is 0 Å². The van der Waals surface area contributed by atoms with Crippen molar-refractivity contribution in [2.45, 2.75) is 19.8 Å². The molecule has 3 fully saturated rings. The van der Waals surface area contributed by atoms with Crippen LogP contribution in [0.15, 0.2) is 24.7 Å². The smallest absolute Gasteiger partial charge is 0.144 e. The Morgan fingerprint density at radius 2 is 1.63 bits per heavy atom. The predicted octanol–water partition coefficient (Wildman–Crippen LogP) is 1.23. The Kier molecular flexibility index (Phi) is 5.29. The number of aromatic nitrogens is 2. The van der Waals surface area contributed by atoms with Gasteiger partial charge in [0, 0.05) is 70.0 Å². The van der Waals surface area contributed by atoms with Gasteiger partial charge >= 0.3 is 0 Å². The van der Waals surface area contributed by atoms with Gasteiger partial charge in [0.25, 0.3) is 0 Å². The van der Waals surface area contributed by atoms with E-state index < -0.39 is 0 Å². The lowest BCUT2D eigenvalue weighted by molar-refractivity contribution is -0.104. The van der Waals surface area contributed by atoms with Crippen molar-refractivity contribution >= 4 is 17.9 Å². The number of carbonyl (C=O) groups excluding carboxylic acids is 1. The van der Waals surface area contributed by atoms with Crippen LogP contribution < -0.4 is 9.80 Å². The molecule has 3 aliphatic heterocycles. The highest BCUT2D eigenvalue weighted by molar-refractivity contribution is 5.64. The normalized spacial score (nSPS) is 23.1. The molecule has 4 rings (SSSR count). The third-order valence-electron chi connectivity index (χ3n) is 6.38. The fraction of sp³-hybridized carbons (Fsp3) is 0.650. The number of piperazine rings is 1. The lowest BCUT2D eigenvalue weighted by Crippen LogP contribution is -2.58. The summed E-state index contributed by atoms with van der Waals surface area (Å²) in [7, 11) is 0. The predicted molar refractivity (Wildman–Crippen MR) is 107 cm³/mol. The molecule has 0 radical (unpaired) electrons. The van der Waals surface area contributed by atoms with Crippen molar-refractivity contribution in [3.63, 3.8) is 0 Å². The molecule has 0 aliphatic carbocycles. The van der Waals surface area contributed by atoms with Crippen molar-refractivity contribution in [2.24, 2.45) is 5.41 Å². The summed E-state index contributed by atoms with van der Waals surface area (Å²) < 4.78 is 0. The first-order chi connectivity index (χ1) is 13.2. The quantitative estimate of drug-likeness (QED) is 0.571. The van der Waals surface area contributed by atoms with Gasteiger partial charge in [0.1, 0.15) is 24.2 Å². The monoisotopic (exact) mass is 370 g/mol. The first-order valence-corrected chi connectivity index (χ1v) is 10.1. The van der Waals surface area contributed by atoms with Gasteiger partial charge in [0.15, 0.2) is 0 Å². The average molecular weight is 371 g/mol. The number of carbonyl (C=O) groups is 1. The molecule has 0 saturated carbocycles. The van der Waals surface area contributed by atoms with Gasteiger partial charge in [0.05, 0.1) is 0 Å². The lowest BCUT2D eigenvalue weighted by Gasteiger charge is -2.54. The molecular formula is C20H30N6O. The van der Waals surface area contributed by atoms with Crippen LogP contribution in [0.4, 0.5) is 11.6 Å². The number of nitrogens with zero attached hydrogens (tertiary/aromatic N) is 6. The third kappa shape index (κ3) is 3.93. The SMILES string of the molecule is CCN1CCN(c2cc(N3CCC4(CC3)CN(/C=C/C=O)C4)ncn2)CC1. The van der Waals surface area contributed by atoms with E-state index in [9.17, 15) is 4.79 Å². The highest BCUT2D eigenvalue weighted by Gasteiger charge is 2.43. The number of hydrogen-bond donors (Lipinski definition) is 0. The Hall–Kier alpha value is -2.15. The molecule has 0 atom stereocenters. The molecule has 7 nitrogen and oxygen atoms in total. The number of hydrogen-bond acceptors (Lipinski definition) is 7. The Balaban J connectivity index is 1.33. The molecule has 0 aromatic carbocycles. The van der Waals surface area contributed by atoms with Gasteiger partial charge in [-0.25, -0.2) is 9.97 Å². The number of anilines is 2. The van der Waals surface area contributed by atoms with Gasteiger partial charge in [0.2, 0.25) is 0 Å². The zero-order valence-electron chi connectivity index (χ0n) is 16.3. The Morgan fingerprint density at radius 1 is 1.00 bits per heavy atom. The van der Waals surface area contributed by atoms with Crippen LogP contribution in [0.1, 0.15) is 19.8 Å². The first kappa shape index (κ1) is 18.2. The average Bonchev–Trinajstić information content (AvgIpc) is 2.71. The minimum absolute atomic E-state index is 0.427. The van der Waals surface area contributed by atoms with E-state index in [0.717, 1.165) is 76.8 Å². The molecule has 1 aromatic heterocycles. The van der Waals surface area contributed by atoms with Gasteiger partial charge < -0.3 is 19.6 Å². The molecule has 1 spiro atoms. The Morgan fingerprint density at radius 3 is 2.22 bits per heavy atom. The maximum absolute atomic E-state index is 10.5. The fourth-order valence-electron chi connectivity index (χ4n) is 4.58. The first-order valence-electron chi connectivity index (χ1n) is 10.1. The van der Waals surface area contributed by atoms with Crippen molar-refractivity contribution < 1.29 is 4.79 Å². The fourth-order valence-corrected chi connectivity index (χ4v) is 4.58. The van der Waals surface area contributed by atoms with Crippen LogP contribution >= 0.6 is 0 Å². The van der Waals surface area contributed by atoms with E-state index >= 15 is 0 Å². The summed E-state index contributed by atoms with van der Waals surface area (Å²) in [5, 5.41) is 0. The van der Waals surface area contributed by atoms with Crippen molar-refractivity contribution in [1.82, 2.24) is 19.8 Å². The molecule has 1 aromatic rings. The zero-order valence-corrected chi connectivity index (χ0v) is 16.3. The standard InChI is InChI=1S/C20H30N6O/c1-2-23-9-11-26(12-10-23)19-14-18(21-17-22-19)25-7-4-20(5-8-25)15-24(16-20)6-3-13-27/h3,6,13-14,17H,2,4-5,7-12,15-16H2,1H3/b6-3+. The molecule has 3 saturated heterocycles. The molecule has 3 aliphatic rings. The van der Waals surface area contributed by atoms with E-state index in [4.69, 9.17) is 0 Å². The summed E-state index contributed by atoms with van der Waals surface area (Å²) in [5.74, 6) is 2.12. The van der Waals surface area contributed by atoms with Crippen LogP contribution in [0.2, 0.25) is 0 Å². The van der Waals surface area contributed by atoms with Gasteiger partial charge in [-0.2, -0.15) is 0 Å². The Labute approximate surface area is 161 Å². The highest BCUT2D eigenvalue weighted by atomic mass is 16.1. The molecule has 4 heterocycles. The van der Waals surface area contributed by atoms with Crippen LogP contribution in [0.25, 0.3) is 0 Å². The minimum Gasteiger partial charge on any atom is -0.376 e. The van der Waals surface area contributed by atoms with E-state index in [1.54, 1.807) is 12.4 Å². The van der Waals surface area contributed by atoms with Gasteiger partial charge in [-0.3, -0.25) is 4.79 Å². The maximum Gasteiger partial charge on any atom is 0.144 e. The molecule has 146 valence electrons. The summed E-state index contributed by atoms with van der Waals surface area (Å²) in [6.45, 7) is 11.9.